The quantitative estimate of drug-likeness (QED) is 0.116. The van der Waals surface area contributed by atoms with Crippen LogP contribution in [-0.4, -0.2) is 3.81 Å². The van der Waals surface area contributed by atoms with Gasteiger partial charge in [-0.1, -0.05) is 51.7 Å². The van der Waals surface area contributed by atoms with Crippen molar-refractivity contribution in [3.8, 4) is 0 Å². The summed E-state index contributed by atoms with van der Waals surface area (Å²) in [6.45, 7) is 4.48. The van der Waals surface area contributed by atoms with Gasteiger partial charge in [0.05, 0.1) is 0 Å². The van der Waals surface area contributed by atoms with Crippen LogP contribution >= 0.6 is 18.6 Å². The van der Waals surface area contributed by atoms with Crippen molar-refractivity contribution in [2.75, 3.05) is 0 Å². The molecule has 0 aliphatic rings. The van der Waals surface area contributed by atoms with E-state index in [1.54, 1.807) is 0 Å². The second-order valence-electron chi connectivity index (χ2n) is 10.6. The topological polar surface area (TPSA) is 0 Å². The Morgan fingerprint density at radius 1 is 0.548 bits per heavy atom. The molecule has 42 heavy (non-hydrogen) atoms. The summed E-state index contributed by atoms with van der Waals surface area (Å²) in [6, 6.07) is 46.6. The molecule has 0 heterocycles. The number of aryl methyl sites for hydroxylation is 2. The molecule has 0 bridgehead atoms. The molecule has 0 fully saturated rings. The van der Waals surface area contributed by atoms with Gasteiger partial charge in [0.15, 0.2) is 0 Å². The maximum atomic E-state index is 6.21. The first-order chi connectivity index (χ1) is 20.6. The standard InChI is InChI=1S/C13H10.2C13H15.2ClH.Ti/c1-3-7-12(8-4-1)11-13-9-5-2-6-10-13;2*1-2-3-6-11-9-12-7-4-5-8-13(12)10-11;;;/h1-10H;2*4-5,7-10H,2-3,6H2,1H3;2*1H;/q;2*-1;;;+2/p-2. The van der Waals surface area contributed by atoms with Crippen LogP contribution in [0.2, 0.25) is 0 Å². The fourth-order valence-electron chi connectivity index (χ4n) is 5.07. The third kappa shape index (κ3) is 9.65. The van der Waals surface area contributed by atoms with Gasteiger partial charge in [-0.05, 0) is 12.8 Å². The number of unbranched alkanes of at least 4 members (excludes halogenated alkanes) is 2. The summed E-state index contributed by atoms with van der Waals surface area (Å²) in [5, 5.41) is 5.53. The zero-order valence-electron chi connectivity index (χ0n) is 24.7. The molecule has 0 N–H and O–H groups in total. The normalized spacial score (nSPS) is 10.5. The van der Waals surface area contributed by atoms with Gasteiger partial charge in [0, 0.05) is 0 Å². The number of hydrogen-bond donors (Lipinski definition) is 0. The first-order valence-electron chi connectivity index (χ1n) is 15.0. The van der Waals surface area contributed by atoms with Gasteiger partial charge < -0.3 is 0 Å². The molecule has 0 aromatic heterocycles. The molecule has 0 unspecified atom stereocenters. The molecular weight excluding hydrogens is 587 g/mol. The van der Waals surface area contributed by atoms with Gasteiger partial charge in [-0.25, -0.2) is 0 Å². The van der Waals surface area contributed by atoms with Crippen LogP contribution in [0.4, 0.5) is 0 Å². The minimum atomic E-state index is -2.15. The fourth-order valence-corrected chi connectivity index (χ4v) is 8.08. The molecule has 6 rings (SSSR count). The monoisotopic (exact) mass is 626 g/mol. The molecule has 0 spiro atoms. The summed E-state index contributed by atoms with van der Waals surface area (Å²) in [5.74, 6) is 0. The Hall–Kier alpha value is -2.74. The first-order valence-corrected chi connectivity index (χ1v) is 20.1. The Labute approximate surface area is 265 Å². The summed E-state index contributed by atoms with van der Waals surface area (Å²) in [4.78, 5) is 0. The molecule has 0 atom stereocenters. The van der Waals surface area contributed by atoms with Crippen molar-refractivity contribution < 1.29 is 15.3 Å². The second-order valence-corrected chi connectivity index (χ2v) is 16.1. The molecule has 0 aliphatic heterocycles. The Bertz CT molecular complexity index is 1470. The van der Waals surface area contributed by atoms with E-state index in [9.17, 15) is 0 Å². The third-order valence-corrected chi connectivity index (χ3v) is 10.4. The number of hydrogen-bond acceptors (Lipinski definition) is 0. The van der Waals surface area contributed by atoms with Crippen molar-refractivity contribution in [3.05, 3.63) is 156 Å². The first kappa shape index (κ1) is 32.2. The van der Waals surface area contributed by atoms with Gasteiger partial charge in [0.2, 0.25) is 0 Å². The van der Waals surface area contributed by atoms with Gasteiger partial charge >= 0.3 is 109 Å². The molecule has 216 valence electrons. The van der Waals surface area contributed by atoms with Crippen molar-refractivity contribution in [2.24, 2.45) is 0 Å². The SMILES string of the molecule is CCCCc1cc2ccccc2[cH-]1.CCCCc1cc2ccccc2[cH-]1.[Cl][Ti]([Cl])=[C](c1ccccc1)c1ccccc1. The molecule has 0 nitrogen and oxygen atoms in total. The van der Waals surface area contributed by atoms with E-state index in [1.807, 2.05) is 36.4 Å². The van der Waals surface area contributed by atoms with Crippen molar-refractivity contribution in [2.45, 2.75) is 52.4 Å². The molecular formula is C39H40Cl2Ti-2. The summed E-state index contributed by atoms with van der Waals surface area (Å²) >= 11 is -2.15. The van der Waals surface area contributed by atoms with Gasteiger partial charge in [-0.15, -0.1) is 81.2 Å². The van der Waals surface area contributed by atoms with E-state index >= 15 is 0 Å². The summed E-state index contributed by atoms with van der Waals surface area (Å²) in [5.41, 5.74) is 5.24. The van der Waals surface area contributed by atoms with Crippen LogP contribution in [0.3, 0.4) is 0 Å². The number of benzene rings is 4. The van der Waals surface area contributed by atoms with Crippen LogP contribution < -0.4 is 0 Å². The molecule has 6 aromatic rings. The van der Waals surface area contributed by atoms with Gasteiger partial charge in [0.25, 0.3) is 0 Å². The molecule has 0 aliphatic carbocycles. The van der Waals surface area contributed by atoms with Crippen LogP contribution in [-0.2, 0) is 28.1 Å². The Morgan fingerprint density at radius 2 is 0.929 bits per heavy atom. The number of fused-ring (bicyclic) bond motifs is 2. The van der Waals surface area contributed by atoms with Crippen molar-refractivity contribution in [1.29, 1.82) is 0 Å². The Morgan fingerprint density at radius 3 is 1.29 bits per heavy atom. The van der Waals surface area contributed by atoms with E-state index < -0.39 is 15.3 Å². The molecule has 0 saturated heterocycles. The Kier molecular flexibility index (Phi) is 13.3. The summed E-state index contributed by atoms with van der Waals surface area (Å²) in [7, 11) is 12.4. The van der Waals surface area contributed by atoms with E-state index in [4.69, 9.17) is 18.6 Å². The average Bonchev–Trinajstić information content (AvgIpc) is 3.64. The third-order valence-electron chi connectivity index (χ3n) is 7.31. The molecule has 6 aromatic carbocycles. The van der Waals surface area contributed by atoms with Crippen LogP contribution in [0.15, 0.2) is 133 Å². The number of rotatable bonds is 8. The predicted octanol–water partition coefficient (Wildman–Crippen LogP) is 12.0. The van der Waals surface area contributed by atoms with Gasteiger partial charge in [0.1, 0.15) is 0 Å². The van der Waals surface area contributed by atoms with Crippen molar-refractivity contribution in [1.82, 2.24) is 0 Å². The molecule has 0 saturated carbocycles. The number of halogens is 2. The molecule has 0 radical (unpaired) electrons. The van der Waals surface area contributed by atoms with Crippen LogP contribution in [0.5, 0.6) is 0 Å². The molecule has 3 heteroatoms. The maximum absolute atomic E-state index is 6.21. The zero-order chi connectivity index (χ0) is 29.6. The van der Waals surface area contributed by atoms with E-state index in [2.05, 4.69) is 111 Å². The minimum absolute atomic E-state index is 1.12. The fraction of sp³-hybridized carbons (Fsp3) is 0.205. The van der Waals surface area contributed by atoms with Crippen LogP contribution in [0.1, 0.15) is 61.8 Å². The second kappa shape index (κ2) is 17.4. The van der Waals surface area contributed by atoms with Crippen LogP contribution in [0, 0.1) is 0 Å². The van der Waals surface area contributed by atoms with E-state index in [1.165, 1.54) is 71.2 Å². The van der Waals surface area contributed by atoms with E-state index in [-0.39, 0.29) is 0 Å². The average molecular weight is 628 g/mol. The van der Waals surface area contributed by atoms with Gasteiger partial charge in [-0.2, -0.15) is 12.1 Å². The van der Waals surface area contributed by atoms with Gasteiger partial charge in [-0.3, -0.25) is 0 Å². The van der Waals surface area contributed by atoms with E-state index in [0.717, 1.165) is 14.9 Å². The zero-order valence-corrected chi connectivity index (χ0v) is 27.8. The predicted molar refractivity (Wildman–Crippen MR) is 184 cm³/mol. The molecule has 0 amide bonds. The summed E-state index contributed by atoms with van der Waals surface area (Å²) in [6.07, 6.45) is 7.62. The van der Waals surface area contributed by atoms with Crippen LogP contribution in [0.25, 0.3) is 21.5 Å². The van der Waals surface area contributed by atoms with E-state index in [0.29, 0.717) is 0 Å². The van der Waals surface area contributed by atoms with Crippen molar-refractivity contribution in [3.63, 3.8) is 0 Å². The Balaban J connectivity index is 0.000000146. The van der Waals surface area contributed by atoms with Crippen molar-refractivity contribution >= 4 is 44.0 Å². The summed E-state index contributed by atoms with van der Waals surface area (Å²) < 4.78 is 1.12.